The maximum atomic E-state index is 12.7. The van der Waals surface area contributed by atoms with Gasteiger partial charge < -0.3 is 30.3 Å². The molecule has 10 nitrogen and oxygen atoms in total. The summed E-state index contributed by atoms with van der Waals surface area (Å²) in [6.07, 6.45) is 3.27. The first-order chi connectivity index (χ1) is 16.1. The molecule has 0 spiro atoms. The summed E-state index contributed by atoms with van der Waals surface area (Å²) in [7, 11) is 3.16. The normalized spacial score (nSPS) is 13.5. The Labute approximate surface area is 192 Å². The fourth-order valence-corrected chi connectivity index (χ4v) is 3.66. The highest BCUT2D eigenvalue weighted by molar-refractivity contribution is 5.98. The number of nitrogens with one attached hydrogen (secondary N) is 1. The van der Waals surface area contributed by atoms with Crippen molar-refractivity contribution in [3.63, 3.8) is 0 Å². The van der Waals surface area contributed by atoms with Crippen LogP contribution in [-0.2, 0) is 6.54 Å². The van der Waals surface area contributed by atoms with Crippen molar-refractivity contribution in [3.8, 4) is 11.5 Å². The third-order valence-corrected chi connectivity index (χ3v) is 5.52. The molecule has 3 N–H and O–H groups in total. The van der Waals surface area contributed by atoms with E-state index in [-0.39, 0.29) is 23.8 Å². The number of amides is 1. The average molecular weight is 450 g/mol. The van der Waals surface area contributed by atoms with Crippen LogP contribution in [0.4, 0.5) is 17.6 Å². The second kappa shape index (κ2) is 10.0. The number of piperazine rings is 1. The Kier molecular flexibility index (Phi) is 6.72. The van der Waals surface area contributed by atoms with Gasteiger partial charge in [0.15, 0.2) is 0 Å². The smallest absolute Gasteiger partial charge is 0.256 e. The largest absolute Gasteiger partial charge is 0.497 e. The standard InChI is InChI=1S/C23H27N7O3/c1-32-17-7-6-16(19(13-17)33-2)14-26-22(31)18-15-27-23(28-21(18)24)30-11-9-29(10-12-30)20-5-3-4-8-25-20/h3-8,13,15H,9-12,14H2,1-2H3,(H,26,31)(H2,24,27,28). The number of ether oxygens (including phenoxy) is 2. The predicted molar refractivity (Wildman–Crippen MR) is 126 cm³/mol. The van der Waals surface area contributed by atoms with Crippen LogP contribution in [0.2, 0.25) is 0 Å². The van der Waals surface area contributed by atoms with Gasteiger partial charge in [-0.25, -0.2) is 9.97 Å². The molecular weight excluding hydrogens is 422 g/mol. The van der Waals surface area contributed by atoms with Gasteiger partial charge in [-0.15, -0.1) is 0 Å². The lowest BCUT2D eigenvalue weighted by Gasteiger charge is -2.35. The molecule has 0 bridgehead atoms. The molecule has 3 heterocycles. The molecule has 0 atom stereocenters. The van der Waals surface area contributed by atoms with E-state index in [1.165, 1.54) is 6.20 Å². The maximum absolute atomic E-state index is 12.7. The molecular formula is C23H27N7O3. The molecule has 1 amide bonds. The number of carbonyl (C=O) groups is 1. The summed E-state index contributed by atoms with van der Waals surface area (Å²) < 4.78 is 10.6. The summed E-state index contributed by atoms with van der Waals surface area (Å²) in [6.45, 7) is 3.33. The van der Waals surface area contributed by atoms with E-state index in [0.29, 0.717) is 17.4 Å². The molecule has 1 aromatic carbocycles. The molecule has 33 heavy (non-hydrogen) atoms. The first-order valence-corrected chi connectivity index (χ1v) is 10.6. The second-order valence-corrected chi connectivity index (χ2v) is 7.49. The summed E-state index contributed by atoms with van der Waals surface area (Å²) in [4.78, 5) is 30.1. The predicted octanol–water partition coefficient (Wildman–Crippen LogP) is 1.73. The monoisotopic (exact) mass is 449 g/mol. The number of benzene rings is 1. The summed E-state index contributed by atoms with van der Waals surface area (Å²) in [5, 5.41) is 2.84. The minimum absolute atomic E-state index is 0.145. The van der Waals surface area contributed by atoms with E-state index in [4.69, 9.17) is 15.2 Å². The van der Waals surface area contributed by atoms with E-state index in [0.717, 1.165) is 37.6 Å². The van der Waals surface area contributed by atoms with Crippen molar-refractivity contribution in [2.45, 2.75) is 6.54 Å². The lowest BCUT2D eigenvalue weighted by molar-refractivity contribution is 0.0951. The van der Waals surface area contributed by atoms with Crippen molar-refractivity contribution in [1.29, 1.82) is 0 Å². The SMILES string of the molecule is COc1ccc(CNC(=O)c2cnc(N3CCN(c4ccccn4)CC3)nc2N)c(OC)c1. The maximum Gasteiger partial charge on any atom is 0.256 e. The summed E-state index contributed by atoms with van der Waals surface area (Å²) >= 11 is 0. The van der Waals surface area contributed by atoms with Gasteiger partial charge in [-0.05, 0) is 24.3 Å². The number of nitrogen functional groups attached to an aromatic ring is 1. The van der Waals surface area contributed by atoms with Gasteiger partial charge in [-0.3, -0.25) is 4.79 Å². The van der Waals surface area contributed by atoms with Crippen LogP contribution in [0.1, 0.15) is 15.9 Å². The third kappa shape index (κ3) is 5.05. The Morgan fingerprint density at radius 1 is 1.06 bits per heavy atom. The zero-order valence-electron chi connectivity index (χ0n) is 18.7. The number of pyridine rings is 1. The Morgan fingerprint density at radius 2 is 1.85 bits per heavy atom. The summed E-state index contributed by atoms with van der Waals surface area (Å²) in [5.41, 5.74) is 7.16. The number of carbonyl (C=O) groups excluding carboxylic acids is 1. The fraction of sp³-hybridized carbons (Fsp3) is 0.304. The first kappa shape index (κ1) is 22.1. The van der Waals surface area contributed by atoms with Crippen molar-refractivity contribution in [2.24, 2.45) is 0 Å². The number of aromatic nitrogens is 3. The molecule has 0 saturated carbocycles. The minimum atomic E-state index is -0.350. The van der Waals surface area contributed by atoms with Gasteiger partial charge in [0.2, 0.25) is 5.95 Å². The Morgan fingerprint density at radius 3 is 2.52 bits per heavy atom. The van der Waals surface area contributed by atoms with Crippen molar-refractivity contribution in [1.82, 2.24) is 20.3 Å². The van der Waals surface area contributed by atoms with Crippen LogP contribution in [0.3, 0.4) is 0 Å². The van der Waals surface area contributed by atoms with Gasteiger partial charge >= 0.3 is 0 Å². The first-order valence-electron chi connectivity index (χ1n) is 10.6. The number of hydrogen-bond donors (Lipinski definition) is 2. The van der Waals surface area contributed by atoms with Crippen molar-refractivity contribution >= 4 is 23.5 Å². The zero-order chi connectivity index (χ0) is 23.2. The zero-order valence-corrected chi connectivity index (χ0v) is 18.7. The molecule has 2 aromatic heterocycles. The highest BCUT2D eigenvalue weighted by atomic mass is 16.5. The van der Waals surface area contributed by atoms with Crippen LogP contribution in [0.25, 0.3) is 0 Å². The number of methoxy groups -OCH3 is 2. The summed E-state index contributed by atoms with van der Waals surface area (Å²) in [6, 6.07) is 11.3. The molecule has 0 unspecified atom stereocenters. The lowest BCUT2D eigenvalue weighted by Crippen LogP contribution is -2.47. The Balaban J connectivity index is 1.37. The second-order valence-electron chi connectivity index (χ2n) is 7.49. The van der Waals surface area contributed by atoms with Crippen LogP contribution in [0, 0.1) is 0 Å². The Bertz CT molecular complexity index is 1100. The molecule has 1 aliphatic rings. The van der Waals surface area contributed by atoms with Crippen LogP contribution in [0.15, 0.2) is 48.8 Å². The molecule has 4 rings (SSSR count). The molecule has 1 saturated heterocycles. The van der Waals surface area contributed by atoms with Gasteiger partial charge in [0.1, 0.15) is 23.1 Å². The number of nitrogens with two attached hydrogens (primary N) is 1. The minimum Gasteiger partial charge on any atom is -0.497 e. The van der Waals surface area contributed by atoms with Gasteiger partial charge in [0.05, 0.1) is 19.8 Å². The molecule has 172 valence electrons. The van der Waals surface area contributed by atoms with E-state index in [9.17, 15) is 4.79 Å². The highest BCUT2D eigenvalue weighted by Crippen LogP contribution is 2.24. The summed E-state index contributed by atoms with van der Waals surface area (Å²) in [5.74, 6) is 2.57. The molecule has 1 fully saturated rings. The highest BCUT2D eigenvalue weighted by Gasteiger charge is 2.21. The van der Waals surface area contributed by atoms with E-state index < -0.39 is 0 Å². The van der Waals surface area contributed by atoms with Crippen molar-refractivity contribution < 1.29 is 14.3 Å². The number of rotatable bonds is 7. The van der Waals surface area contributed by atoms with Gasteiger partial charge in [-0.1, -0.05) is 6.07 Å². The molecule has 3 aromatic rings. The molecule has 0 radical (unpaired) electrons. The third-order valence-electron chi connectivity index (χ3n) is 5.52. The molecule has 0 aliphatic carbocycles. The van der Waals surface area contributed by atoms with E-state index >= 15 is 0 Å². The fourth-order valence-electron chi connectivity index (χ4n) is 3.66. The number of anilines is 3. The van der Waals surface area contributed by atoms with Crippen LogP contribution in [-0.4, -0.2) is 61.3 Å². The molecule has 10 heteroatoms. The van der Waals surface area contributed by atoms with E-state index in [1.54, 1.807) is 26.5 Å². The van der Waals surface area contributed by atoms with Gasteiger partial charge in [0.25, 0.3) is 5.91 Å². The number of hydrogen-bond acceptors (Lipinski definition) is 9. The van der Waals surface area contributed by atoms with Crippen molar-refractivity contribution in [3.05, 3.63) is 59.9 Å². The number of nitrogens with zero attached hydrogens (tertiary/aromatic N) is 5. The van der Waals surface area contributed by atoms with E-state index in [1.807, 2.05) is 30.3 Å². The lowest BCUT2D eigenvalue weighted by atomic mass is 10.2. The Hall–Kier alpha value is -4.08. The van der Waals surface area contributed by atoms with E-state index in [2.05, 4.69) is 30.1 Å². The molecule has 1 aliphatic heterocycles. The van der Waals surface area contributed by atoms with Crippen LogP contribution in [0.5, 0.6) is 11.5 Å². The van der Waals surface area contributed by atoms with Gasteiger partial charge in [-0.2, -0.15) is 4.98 Å². The van der Waals surface area contributed by atoms with Crippen LogP contribution >= 0.6 is 0 Å². The van der Waals surface area contributed by atoms with Crippen molar-refractivity contribution in [2.75, 3.05) is 55.9 Å². The van der Waals surface area contributed by atoms with Crippen LogP contribution < -0.4 is 30.3 Å². The topological polar surface area (TPSA) is 119 Å². The quantitative estimate of drug-likeness (QED) is 0.556. The van der Waals surface area contributed by atoms with Gasteiger partial charge in [0, 0.05) is 56.7 Å². The average Bonchev–Trinajstić information content (AvgIpc) is 2.87.